The molecule has 7 heteroatoms. The third-order valence-electron chi connectivity index (χ3n) is 2.25. The summed E-state index contributed by atoms with van der Waals surface area (Å²) >= 11 is 6.41. The van der Waals surface area contributed by atoms with Crippen molar-refractivity contribution in [2.75, 3.05) is 6.61 Å². The minimum absolute atomic E-state index is 0.0134. The number of alkyl halides is 1. The van der Waals surface area contributed by atoms with Crippen LogP contribution in [0.2, 0.25) is 0 Å². The number of halogens is 2. The van der Waals surface area contributed by atoms with E-state index in [1.807, 2.05) is 0 Å². The quantitative estimate of drug-likeness (QED) is 0.340. The molecule has 1 rings (SSSR count). The summed E-state index contributed by atoms with van der Waals surface area (Å²) in [5, 5.41) is 11.3. The van der Waals surface area contributed by atoms with Crippen LogP contribution in [-0.4, -0.2) is 17.5 Å². The Kier molecular flexibility index (Phi) is 5.74. The maximum absolute atomic E-state index is 11.5. The molecule has 0 saturated carbocycles. The number of benzene rings is 1. The predicted molar refractivity (Wildman–Crippen MR) is 73.8 cm³/mol. The molecule has 0 saturated heterocycles. The second-order valence-electron chi connectivity index (χ2n) is 3.44. The van der Waals surface area contributed by atoms with E-state index >= 15 is 0 Å². The second-order valence-corrected chi connectivity index (χ2v) is 4.91. The van der Waals surface area contributed by atoms with E-state index in [0.717, 1.165) is 0 Å². The number of nitro groups is 1. The molecule has 98 valence electrons. The van der Waals surface area contributed by atoms with E-state index in [4.69, 9.17) is 4.74 Å². The Hall–Kier alpha value is -0.950. The summed E-state index contributed by atoms with van der Waals surface area (Å²) in [7, 11) is 0. The lowest BCUT2D eigenvalue weighted by molar-refractivity contribution is -0.385. The molecule has 0 amide bonds. The fourth-order valence-electron chi connectivity index (χ4n) is 1.52. The third kappa shape index (κ3) is 3.78. The van der Waals surface area contributed by atoms with Crippen molar-refractivity contribution in [1.82, 2.24) is 0 Å². The van der Waals surface area contributed by atoms with Gasteiger partial charge >= 0.3 is 5.97 Å². The molecule has 1 aromatic carbocycles. The van der Waals surface area contributed by atoms with Gasteiger partial charge in [0.25, 0.3) is 5.69 Å². The highest BCUT2D eigenvalue weighted by Crippen LogP contribution is 2.29. The van der Waals surface area contributed by atoms with Crippen LogP contribution < -0.4 is 0 Å². The van der Waals surface area contributed by atoms with Crippen molar-refractivity contribution in [3.8, 4) is 0 Å². The zero-order chi connectivity index (χ0) is 13.7. The van der Waals surface area contributed by atoms with Crippen LogP contribution in [0, 0.1) is 10.1 Å². The average Bonchev–Trinajstić information content (AvgIpc) is 2.28. The van der Waals surface area contributed by atoms with Gasteiger partial charge in [-0.15, -0.1) is 0 Å². The molecule has 0 bridgehead atoms. The van der Waals surface area contributed by atoms with E-state index in [1.54, 1.807) is 13.0 Å². The van der Waals surface area contributed by atoms with Crippen LogP contribution in [-0.2, 0) is 21.3 Å². The first-order valence-electron chi connectivity index (χ1n) is 5.16. The SMILES string of the molecule is CCOC(=O)Cc1cc(Br)cc([N+](=O)[O-])c1CBr. The first-order chi connectivity index (χ1) is 8.49. The Morgan fingerprint density at radius 3 is 2.67 bits per heavy atom. The van der Waals surface area contributed by atoms with Crippen molar-refractivity contribution in [3.63, 3.8) is 0 Å². The summed E-state index contributed by atoms with van der Waals surface area (Å²) in [6.07, 6.45) is 0.0229. The van der Waals surface area contributed by atoms with E-state index in [-0.39, 0.29) is 12.1 Å². The average molecular weight is 381 g/mol. The van der Waals surface area contributed by atoms with Gasteiger partial charge in [0.15, 0.2) is 0 Å². The summed E-state index contributed by atoms with van der Waals surface area (Å²) in [4.78, 5) is 21.9. The second kappa shape index (κ2) is 6.84. The number of hydrogen-bond acceptors (Lipinski definition) is 4. The number of ether oxygens (including phenoxy) is 1. The van der Waals surface area contributed by atoms with Crippen LogP contribution in [0.3, 0.4) is 0 Å². The molecule has 0 radical (unpaired) electrons. The van der Waals surface area contributed by atoms with Gasteiger partial charge < -0.3 is 4.74 Å². The van der Waals surface area contributed by atoms with Crippen molar-refractivity contribution >= 4 is 43.5 Å². The molecular formula is C11H11Br2NO4. The molecular weight excluding hydrogens is 370 g/mol. The van der Waals surface area contributed by atoms with Crippen molar-refractivity contribution in [2.45, 2.75) is 18.7 Å². The lowest BCUT2D eigenvalue weighted by Gasteiger charge is -2.08. The van der Waals surface area contributed by atoms with Crippen LogP contribution in [0.5, 0.6) is 0 Å². The molecule has 0 aromatic heterocycles. The molecule has 0 N–H and O–H groups in total. The largest absolute Gasteiger partial charge is 0.466 e. The number of carbonyl (C=O) groups excluding carboxylic acids is 1. The zero-order valence-electron chi connectivity index (χ0n) is 9.61. The van der Waals surface area contributed by atoms with E-state index in [1.165, 1.54) is 6.07 Å². The molecule has 1 aromatic rings. The number of nitrogens with zero attached hydrogens (tertiary/aromatic N) is 1. The van der Waals surface area contributed by atoms with Gasteiger partial charge in [-0.3, -0.25) is 14.9 Å². The maximum Gasteiger partial charge on any atom is 0.310 e. The molecule has 0 aliphatic carbocycles. The highest BCUT2D eigenvalue weighted by Gasteiger charge is 2.20. The number of rotatable bonds is 5. The molecule has 0 fully saturated rings. The first kappa shape index (κ1) is 15.1. The van der Waals surface area contributed by atoms with Gasteiger partial charge in [-0.1, -0.05) is 31.9 Å². The number of esters is 1. The molecule has 0 unspecified atom stereocenters. The van der Waals surface area contributed by atoms with Crippen molar-refractivity contribution < 1.29 is 14.5 Å². The molecule has 0 spiro atoms. The summed E-state index contributed by atoms with van der Waals surface area (Å²) in [5.41, 5.74) is 1.07. The fraction of sp³-hybridized carbons (Fsp3) is 0.364. The van der Waals surface area contributed by atoms with Gasteiger partial charge in [0.05, 0.1) is 18.0 Å². The van der Waals surface area contributed by atoms with Gasteiger partial charge in [-0.2, -0.15) is 0 Å². The Labute approximate surface area is 121 Å². The smallest absolute Gasteiger partial charge is 0.310 e. The standard InChI is InChI=1S/C11H11Br2NO4/c1-2-18-11(15)4-7-3-8(13)5-10(14(16)17)9(7)6-12/h3,5H,2,4,6H2,1H3. The Bertz CT molecular complexity index is 476. The molecule has 0 heterocycles. The molecule has 0 aliphatic heterocycles. The Balaban J connectivity index is 3.17. The van der Waals surface area contributed by atoms with Crippen LogP contribution in [0.25, 0.3) is 0 Å². The Morgan fingerprint density at radius 2 is 2.17 bits per heavy atom. The normalized spacial score (nSPS) is 10.2. The lowest BCUT2D eigenvalue weighted by atomic mass is 10.0. The highest BCUT2D eigenvalue weighted by atomic mass is 79.9. The van der Waals surface area contributed by atoms with Gasteiger partial charge in [0.2, 0.25) is 0 Å². The summed E-state index contributed by atoms with van der Waals surface area (Å²) in [6.45, 7) is 2.01. The van der Waals surface area contributed by atoms with Crippen LogP contribution in [0.15, 0.2) is 16.6 Å². The summed E-state index contributed by atoms with van der Waals surface area (Å²) in [6, 6.07) is 3.12. The Morgan fingerprint density at radius 1 is 1.50 bits per heavy atom. The van der Waals surface area contributed by atoms with E-state index in [0.29, 0.717) is 27.5 Å². The van der Waals surface area contributed by atoms with Crippen LogP contribution in [0.1, 0.15) is 18.1 Å². The first-order valence-corrected chi connectivity index (χ1v) is 7.08. The number of nitro benzene ring substituents is 1. The van der Waals surface area contributed by atoms with Crippen LogP contribution >= 0.6 is 31.9 Å². The van der Waals surface area contributed by atoms with Crippen molar-refractivity contribution in [3.05, 3.63) is 37.8 Å². The minimum Gasteiger partial charge on any atom is -0.466 e. The summed E-state index contributed by atoms with van der Waals surface area (Å²) < 4.78 is 5.41. The molecule has 0 atom stereocenters. The monoisotopic (exact) mass is 379 g/mol. The van der Waals surface area contributed by atoms with E-state index in [2.05, 4.69) is 31.9 Å². The zero-order valence-corrected chi connectivity index (χ0v) is 12.8. The van der Waals surface area contributed by atoms with Crippen LogP contribution in [0.4, 0.5) is 5.69 Å². The van der Waals surface area contributed by atoms with Gasteiger partial charge in [-0.05, 0) is 18.6 Å². The van der Waals surface area contributed by atoms with Gasteiger partial charge in [0.1, 0.15) is 0 Å². The third-order valence-corrected chi connectivity index (χ3v) is 3.27. The minimum atomic E-state index is -0.462. The topological polar surface area (TPSA) is 69.4 Å². The summed E-state index contributed by atoms with van der Waals surface area (Å²) in [5.74, 6) is -0.396. The molecule has 5 nitrogen and oxygen atoms in total. The number of hydrogen-bond donors (Lipinski definition) is 0. The van der Waals surface area contributed by atoms with Crippen molar-refractivity contribution in [1.29, 1.82) is 0 Å². The van der Waals surface area contributed by atoms with Crippen molar-refractivity contribution in [2.24, 2.45) is 0 Å². The maximum atomic E-state index is 11.5. The lowest BCUT2D eigenvalue weighted by Crippen LogP contribution is -2.10. The molecule has 0 aliphatic rings. The highest BCUT2D eigenvalue weighted by molar-refractivity contribution is 9.10. The number of carbonyl (C=O) groups is 1. The van der Waals surface area contributed by atoms with Gasteiger partial charge in [-0.25, -0.2) is 0 Å². The molecule has 18 heavy (non-hydrogen) atoms. The predicted octanol–water partition coefficient (Wildman–Crippen LogP) is 3.36. The van der Waals surface area contributed by atoms with E-state index < -0.39 is 10.9 Å². The van der Waals surface area contributed by atoms with Gasteiger partial charge in [0, 0.05) is 21.4 Å². The van der Waals surface area contributed by atoms with E-state index in [9.17, 15) is 14.9 Å². The fourth-order valence-corrected chi connectivity index (χ4v) is 2.66.